The first-order chi connectivity index (χ1) is 10.1. The topological polar surface area (TPSA) is 21.3 Å². The van der Waals surface area contributed by atoms with Crippen LogP contribution in [0.3, 0.4) is 0 Å². The average molecular weight is 291 g/mol. The zero-order valence-corrected chi connectivity index (χ0v) is 12.2. The number of hydrogen-bond donors (Lipinski definition) is 1. The van der Waals surface area contributed by atoms with Crippen molar-refractivity contribution >= 4 is 0 Å². The first-order valence-electron chi connectivity index (χ1n) is 6.88. The van der Waals surface area contributed by atoms with E-state index < -0.39 is 11.6 Å². The fourth-order valence-electron chi connectivity index (χ4n) is 2.13. The highest BCUT2D eigenvalue weighted by Crippen LogP contribution is 2.13. The zero-order valence-electron chi connectivity index (χ0n) is 12.2. The van der Waals surface area contributed by atoms with Crippen LogP contribution >= 0.6 is 0 Å². The van der Waals surface area contributed by atoms with Crippen molar-refractivity contribution in [3.05, 3.63) is 65.2 Å². The molecular weight excluding hydrogens is 272 g/mol. The molecule has 0 aliphatic carbocycles. The molecule has 0 saturated heterocycles. The second kappa shape index (κ2) is 7.18. The van der Waals surface area contributed by atoms with Crippen LogP contribution in [0.15, 0.2) is 42.5 Å². The van der Waals surface area contributed by atoms with Gasteiger partial charge in [-0.1, -0.05) is 18.2 Å². The standard InChI is InChI=1S/C17H19F2NO/c1-12(9-13-3-6-15(21-2)7-4-13)20-11-14-5-8-16(18)17(19)10-14/h3-8,10,12,20H,9,11H2,1-2H3. The van der Waals surface area contributed by atoms with E-state index in [-0.39, 0.29) is 6.04 Å². The molecule has 1 atom stereocenters. The molecule has 2 rings (SSSR count). The summed E-state index contributed by atoms with van der Waals surface area (Å²) < 4.78 is 31.1. The van der Waals surface area contributed by atoms with Gasteiger partial charge < -0.3 is 10.1 Å². The summed E-state index contributed by atoms with van der Waals surface area (Å²) in [5.74, 6) is -0.789. The van der Waals surface area contributed by atoms with Crippen molar-refractivity contribution in [2.24, 2.45) is 0 Å². The molecular formula is C17H19F2NO. The van der Waals surface area contributed by atoms with E-state index in [1.54, 1.807) is 13.2 Å². The molecule has 4 heteroatoms. The number of benzene rings is 2. The molecule has 0 amide bonds. The Balaban J connectivity index is 1.86. The van der Waals surface area contributed by atoms with Gasteiger partial charge in [0.2, 0.25) is 0 Å². The highest BCUT2D eigenvalue weighted by atomic mass is 19.2. The van der Waals surface area contributed by atoms with Gasteiger partial charge in [0.05, 0.1) is 7.11 Å². The molecule has 0 spiro atoms. The Hall–Kier alpha value is -1.94. The van der Waals surface area contributed by atoms with Crippen LogP contribution in [-0.4, -0.2) is 13.2 Å². The first-order valence-corrected chi connectivity index (χ1v) is 6.88. The number of rotatable bonds is 6. The number of methoxy groups -OCH3 is 1. The van der Waals surface area contributed by atoms with Crippen LogP contribution in [-0.2, 0) is 13.0 Å². The Labute approximate surface area is 123 Å². The van der Waals surface area contributed by atoms with Gasteiger partial charge in [0.25, 0.3) is 0 Å². The van der Waals surface area contributed by atoms with E-state index in [0.29, 0.717) is 6.54 Å². The molecule has 0 aromatic heterocycles. The lowest BCUT2D eigenvalue weighted by Gasteiger charge is -2.14. The Kier molecular flexibility index (Phi) is 5.28. The Morgan fingerprint density at radius 2 is 1.67 bits per heavy atom. The summed E-state index contributed by atoms with van der Waals surface area (Å²) in [6.07, 6.45) is 0.855. The van der Waals surface area contributed by atoms with Crippen molar-refractivity contribution in [2.45, 2.75) is 25.9 Å². The number of hydrogen-bond acceptors (Lipinski definition) is 2. The lowest BCUT2D eigenvalue weighted by atomic mass is 10.1. The second-order valence-electron chi connectivity index (χ2n) is 5.08. The highest BCUT2D eigenvalue weighted by Gasteiger charge is 2.06. The van der Waals surface area contributed by atoms with E-state index >= 15 is 0 Å². The van der Waals surface area contributed by atoms with Crippen LogP contribution in [0.5, 0.6) is 5.75 Å². The molecule has 0 aliphatic rings. The summed E-state index contributed by atoms with van der Waals surface area (Å²) in [6, 6.07) is 12.1. The minimum absolute atomic E-state index is 0.228. The third-order valence-electron chi connectivity index (χ3n) is 3.34. The SMILES string of the molecule is COc1ccc(CC(C)NCc2ccc(F)c(F)c2)cc1. The fraction of sp³-hybridized carbons (Fsp3) is 0.294. The van der Waals surface area contributed by atoms with Crippen molar-refractivity contribution < 1.29 is 13.5 Å². The van der Waals surface area contributed by atoms with E-state index in [2.05, 4.69) is 12.2 Å². The Morgan fingerprint density at radius 1 is 1.00 bits per heavy atom. The summed E-state index contributed by atoms with van der Waals surface area (Å²) in [5, 5.41) is 3.30. The van der Waals surface area contributed by atoms with E-state index in [1.807, 2.05) is 24.3 Å². The maximum atomic E-state index is 13.1. The maximum absolute atomic E-state index is 13.1. The van der Waals surface area contributed by atoms with Gasteiger partial charge in [-0.3, -0.25) is 0 Å². The van der Waals surface area contributed by atoms with Crippen LogP contribution in [0, 0.1) is 11.6 Å². The molecule has 1 unspecified atom stereocenters. The van der Waals surface area contributed by atoms with Crippen LogP contribution in [0.25, 0.3) is 0 Å². The van der Waals surface area contributed by atoms with Crippen molar-refractivity contribution in [2.75, 3.05) is 7.11 Å². The zero-order chi connectivity index (χ0) is 15.2. The molecule has 21 heavy (non-hydrogen) atoms. The van der Waals surface area contributed by atoms with Crippen LogP contribution in [0.2, 0.25) is 0 Å². The van der Waals surface area contributed by atoms with E-state index in [9.17, 15) is 8.78 Å². The third kappa shape index (κ3) is 4.53. The quantitative estimate of drug-likeness (QED) is 0.876. The molecule has 0 fully saturated rings. The van der Waals surface area contributed by atoms with E-state index in [0.717, 1.165) is 23.8 Å². The minimum Gasteiger partial charge on any atom is -0.497 e. The number of ether oxygens (including phenoxy) is 1. The number of nitrogens with one attached hydrogen (secondary N) is 1. The van der Waals surface area contributed by atoms with E-state index in [4.69, 9.17) is 4.74 Å². The maximum Gasteiger partial charge on any atom is 0.159 e. The molecule has 1 N–H and O–H groups in total. The van der Waals surface area contributed by atoms with Crippen molar-refractivity contribution in [1.29, 1.82) is 0 Å². The smallest absolute Gasteiger partial charge is 0.159 e. The molecule has 0 saturated carbocycles. The van der Waals surface area contributed by atoms with Gasteiger partial charge >= 0.3 is 0 Å². The van der Waals surface area contributed by atoms with Crippen molar-refractivity contribution in [1.82, 2.24) is 5.32 Å². The molecule has 2 aromatic rings. The lowest BCUT2D eigenvalue weighted by molar-refractivity contribution is 0.414. The van der Waals surface area contributed by atoms with Gasteiger partial charge in [-0.15, -0.1) is 0 Å². The Bertz CT molecular complexity index is 584. The van der Waals surface area contributed by atoms with Gasteiger partial charge in [0, 0.05) is 12.6 Å². The summed E-state index contributed by atoms with van der Waals surface area (Å²) >= 11 is 0. The Morgan fingerprint density at radius 3 is 2.29 bits per heavy atom. The molecule has 0 radical (unpaired) electrons. The summed E-state index contributed by atoms with van der Waals surface area (Å²) in [6.45, 7) is 2.57. The predicted octanol–water partition coefficient (Wildman–Crippen LogP) is 3.69. The fourth-order valence-corrected chi connectivity index (χ4v) is 2.13. The van der Waals surface area contributed by atoms with Crippen LogP contribution in [0.4, 0.5) is 8.78 Å². The number of halogens is 2. The van der Waals surface area contributed by atoms with Crippen LogP contribution in [0.1, 0.15) is 18.1 Å². The van der Waals surface area contributed by atoms with Gasteiger partial charge in [-0.25, -0.2) is 8.78 Å². The van der Waals surface area contributed by atoms with Gasteiger partial charge in [-0.2, -0.15) is 0 Å². The van der Waals surface area contributed by atoms with Crippen molar-refractivity contribution in [3.8, 4) is 5.75 Å². The summed E-state index contributed by atoms with van der Waals surface area (Å²) in [4.78, 5) is 0. The molecule has 0 bridgehead atoms. The third-order valence-corrected chi connectivity index (χ3v) is 3.34. The monoisotopic (exact) mass is 291 g/mol. The largest absolute Gasteiger partial charge is 0.497 e. The molecule has 0 aliphatic heterocycles. The highest BCUT2D eigenvalue weighted by molar-refractivity contribution is 5.27. The van der Waals surface area contributed by atoms with Crippen molar-refractivity contribution in [3.63, 3.8) is 0 Å². The summed E-state index contributed by atoms with van der Waals surface area (Å²) in [7, 11) is 1.64. The predicted molar refractivity (Wildman–Crippen MR) is 79.4 cm³/mol. The molecule has 0 heterocycles. The molecule has 112 valence electrons. The van der Waals surface area contributed by atoms with Gasteiger partial charge in [0.15, 0.2) is 11.6 Å². The molecule has 2 nitrogen and oxygen atoms in total. The summed E-state index contributed by atoms with van der Waals surface area (Å²) in [5.41, 5.74) is 1.93. The van der Waals surface area contributed by atoms with Crippen LogP contribution < -0.4 is 10.1 Å². The van der Waals surface area contributed by atoms with Gasteiger partial charge in [-0.05, 0) is 48.7 Å². The minimum atomic E-state index is -0.815. The first kappa shape index (κ1) is 15.4. The van der Waals surface area contributed by atoms with E-state index in [1.165, 1.54) is 11.6 Å². The second-order valence-corrected chi connectivity index (χ2v) is 5.08. The normalized spacial score (nSPS) is 12.2. The van der Waals surface area contributed by atoms with Gasteiger partial charge in [0.1, 0.15) is 5.75 Å². The molecule has 2 aromatic carbocycles. The lowest BCUT2D eigenvalue weighted by Crippen LogP contribution is -2.27. The average Bonchev–Trinajstić information content (AvgIpc) is 2.49.